The molecule has 0 N–H and O–H groups in total. The van der Waals surface area contributed by atoms with Gasteiger partial charge in [-0.05, 0) is 17.2 Å². The summed E-state index contributed by atoms with van der Waals surface area (Å²) in [5.74, 6) is 0. The topological polar surface area (TPSA) is 40.1 Å². The fourth-order valence-electron chi connectivity index (χ4n) is 0.231. The first-order chi connectivity index (χ1) is 4.18. The van der Waals surface area contributed by atoms with Crippen molar-refractivity contribution in [2.24, 2.45) is 0 Å². The molecule has 10 heavy (non-hydrogen) atoms. The fourth-order valence-corrected chi connectivity index (χ4v) is 0.421. The van der Waals surface area contributed by atoms with Gasteiger partial charge in [-0.15, -0.1) is 0 Å². The first kappa shape index (κ1) is 13.0. The largest absolute Gasteiger partial charge is 1.00 e. The van der Waals surface area contributed by atoms with E-state index in [0.717, 1.165) is 0 Å². The van der Waals surface area contributed by atoms with Crippen molar-refractivity contribution in [1.29, 1.82) is 0 Å². The van der Waals surface area contributed by atoms with Gasteiger partial charge in [-0.25, -0.2) is 0 Å². The second kappa shape index (κ2) is 7.44. The molecule has 0 saturated heterocycles. The monoisotopic (exact) mass is 166 g/mol. The van der Waals surface area contributed by atoms with E-state index in [2.05, 4.69) is 13.2 Å². The number of allylic oxidation sites excluding steroid dienone is 3. The van der Waals surface area contributed by atoms with Crippen molar-refractivity contribution in [3.8, 4) is 0 Å². The minimum Gasteiger partial charge on any atom is -0.768 e. The Labute approximate surface area is 85.3 Å². The van der Waals surface area contributed by atoms with E-state index in [1.54, 1.807) is 0 Å². The van der Waals surface area contributed by atoms with Crippen molar-refractivity contribution in [2.75, 3.05) is 0 Å². The predicted octanol–water partition coefficient (Wildman–Crippen LogP) is -1.87. The molecular formula is C6H7NaO2S. The van der Waals surface area contributed by atoms with Crippen LogP contribution in [0.5, 0.6) is 0 Å². The zero-order chi connectivity index (χ0) is 7.28. The number of hydrogen-bond donors (Lipinski definition) is 0. The second-order valence-corrected chi connectivity index (χ2v) is 2.29. The Bertz CT molecular complexity index is 175. The van der Waals surface area contributed by atoms with Gasteiger partial charge in [0.05, 0.1) is 0 Å². The van der Waals surface area contributed by atoms with Crippen molar-refractivity contribution in [3.63, 3.8) is 0 Å². The summed E-state index contributed by atoms with van der Waals surface area (Å²) in [7, 11) is 0. The molecule has 0 aliphatic carbocycles. The molecule has 0 aromatic carbocycles. The Morgan fingerprint density at radius 2 is 2.10 bits per heavy atom. The average molecular weight is 166 g/mol. The fraction of sp³-hybridized carbons (Fsp3) is 0. The molecule has 0 amide bonds. The van der Waals surface area contributed by atoms with E-state index in [4.69, 9.17) is 0 Å². The summed E-state index contributed by atoms with van der Waals surface area (Å²) in [6.07, 6.45) is 4.37. The Morgan fingerprint density at radius 1 is 1.60 bits per heavy atom. The second-order valence-electron chi connectivity index (χ2n) is 1.30. The summed E-state index contributed by atoms with van der Waals surface area (Å²) in [4.78, 5) is 0.0647. The van der Waals surface area contributed by atoms with Crippen molar-refractivity contribution in [3.05, 3.63) is 36.3 Å². The average Bonchev–Trinajstić information content (AvgIpc) is 1.82. The van der Waals surface area contributed by atoms with E-state index in [9.17, 15) is 8.76 Å². The van der Waals surface area contributed by atoms with Crippen LogP contribution in [0.25, 0.3) is 0 Å². The van der Waals surface area contributed by atoms with Crippen LogP contribution in [-0.4, -0.2) is 8.76 Å². The molecule has 2 nitrogen and oxygen atoms in total. The van der Waals surface area contributed by atoms with E-state index >= 15 is 0 Å². The van der Waals surface area contributed by atoms with Gasteiger partial charge in [-0.3, -0.25) is 4.21 Å². The summed E-state index contributed by atoms with van der Waals surface area (Å²) in [5.41, 5.74) is 0. The van der Waals surface area contributed by atoms with Gasteiger partial charge in [-0.1, -0.05) is 25.3 Å². The molecule has 0 aliphatic rings. The van der Waals surface area contributed by atoms with E-state index < -0.39 is 11.1 Å². The molecule has 0 saturated carbocycles. The summed E-state index contributed by atoms with van der Waals surface area (Å²) < 4.78 is 20.0. The van der Waals surface area contributed by atoms with Crippen LogP contribution in [0.15, 0.2) is 36.3 Å². The summed E-state index contributed by atoms with van der Waals surface area (Å²) >= 11 is -2.19. The molecule has 50 valence electrons. The molecule has 1 unspecified atom stereocenters. The van der Waals surface area contributed by atoms with Gasteiger partial charge in [0.15, 0.2) is 0 Å². The van der Waals surface area contributed by atoms with Crippen LogP contribution in [0.1, 0.15) is 0 Å². The molecule has 1 atom stereocenters. The summed E-state index contributed by atoms with van der Waals surface area (Å²) in [6, 6.07) is 0. The third-order valence-electron chi connectivity index (χ3n) is 0.632. The van der Waals surface area contributed by atoms with Gasteiger partial charge in [0.2, 0.25) is 0 Å². The van der Waals surface area contributed by atoms with Crippen LogP contribution in [0.2, 0.25) is 0 Å². The summed E-state index contributed by atoms with van der Waals surface area (Å²) in [6.45, 7) is 6.61. The maximum atomic E-state index is 10.0. The first-order valence-corrected chi connectivity index (χ1v) is 3.33. The van der Waals surface area contributed by atoms with Crippen LogP contribution < -0.4 is 29.6 Å². The van der Waals surface area contributed by atoms with Crippen molar-refractivity contribution >= 4 is 11.1 Å². The maximum Gasteiger partial charge on any atom is 1.00 e. The minimum absolute atomic E-state index is 0. The molecule has 4 heteroatoms. The van der Waals surface area contributed by atoms with Crippen LogP contribution >= 0.6 is 0 Å². The molecular weight excluding hydrogens is 159 g/mol. The Kier molecular flexibility index (Phi) is 9.64. The number of rotatable bonds is 3. The quantitative estimate of drug-likeness (QED) is 0.280. The SMILES string of the molecule is C=C/C=C\C(=C)S(=O)[O-].[Na+]. The normalized spacial score (nSPS) is 12.1. The van der Waals surface area contributed by atoms with Gasteiger partial charge < -0.3 is 4.55 Å². The van der Waals surface area contributed by atoms with Crippen molar-refractivity contribution in [2.45, 2.75) is 0 Å². The van der Waals surface area contributed by atoms with Crippen LogP contribution in [0, 0.1) is 0 Å². The third-order valence-corrected chi connectivity index (χ3v) is 1.20. The van der Waals surface area contributed by atoms with Gasteiger partial charge >= 0.3 is 29.6 Å². The van der Waals surface area contributed by atoms with Crippen molar-refractivity contribution in [1.82, 2.24) is 0 Å². The van der Waals surface area contributed by atoms with Gasteiger partial charge in [0.25, 0.3) is 0 Å². The molecule has 0 aliphatic heterocycles. The Morgan fingerprint density at radius 3 is 2.40 bits per heavy atom. The molecule has 0 fully saturated rings. The van der Waals surface area contributed by atoms with Crippen molar-refractivity contribution < 1.29 is 38.3 Å². The maximum absolute atomic E-state index is 10.0. The van der Waals surface area contributed by atoms with Gasteiger partial charge in [-0.2, -0.15) is 0 Å². The third kappa shape index (κ3) is 6.45. The smallest absolute Gasteiger partial charge is 0.768 e. The van der Waals surface area contributed by atoms with Crippen LogP contribution in [0.4, 0.5) is 0 Å². The van der Waals surface area contributed by atoms with Crippen LogP contribution in [0.3, 0.4) is 0 Å². The molecule has 0 spiro atoms. The van der Waals surface area contributed by atoms with E-state index in [1.165, 1.54) is 18.2 Å². The van der Waals surface area contributed by atoms with E-state index in [1.807, 2.05) is 0 Å². The molecule has 0 radical (unpaired) electrons. The van der Waals surface area contributed by atoms with Crippen LogP contribution in [-0.2, 0) is 11.1 Å². The number of hydrogen-bond acceptors (Lipinski definition) is 2. The van der Waals surface area contributed by atoms with Gasteiger partial charge in [0.1, 0.15) is 0 Å². The standard InChI is InChI=1S/C6H8O2S.Na/c1-3-4-5-6(2)9(7)8;/h3-5H,1-2H2,(H,7,8);/q;+1/p-1/b5-4-;. The molecule has 0 heterocycles. The molecule has 0 rings (SSSR count). The van der Waals surface area contributed by atoms with E-state index in [0.29, 0.717) is 0 Å². The van der Waals surface area contributed by atoms with Gasteiger partial charge in [0, 0.05) is 4.91 Å². The zero-order valence-electron chi connectivity index (χ0n) is 5.87. The Hall–Kier alpha value is 0.330. The molecule has 0 bridgehead atoms. The Balaban J connectivity index is 0. The molecule has 0 aromatic heterocycles. The minimum atomic E-state index is -2.19. The first-order valence-electron chi connectivity index (χ1n) is 2.25. The van der Waals surface area contributed by atoms with E-state index in [-0.39, 0.29) is 34.5 Å². The molecule has 0 aromatic rings. The predicted molar refractivity (Wildman–Crippen MR) is 37.4 cm³/mol. The summed E-state index contributed by atoms with van der Waals surface area (Å²) in [5, 5.41) is 0. The zero-order valence-corrected chi connectivity index (χ0v) is 8.69.